The number of hydrogen-bond acceptors (Lipinski definition) is 16. The van der Waals surface area contributed by atoms with Gasteiger partial charge in [-0.3, -0.25) is 24.0 Å². The van der Waals surface area contributed by atoms with Crippen LogP contribution in [0.3, 0.4) is 0 Å². The summed E-state index contributed by atoms with van der Waals surface area (Å²) in [6, 6.07) is 0. The molecule has 1 amide bonds. The average Bonchev–Trinajstić information content (AvgIpc) is 4.05. The van der Waals surface area contributed by atoms with Gasteiger partial charge in [0.05, 0.1) is 30.4 Å². The Morgan fingerprint density at radius 3 is 2.38 bits per heavy atom. The van der Waals surface area contributed by atoms with Gasteiger partial charge in [-0.25, -0.2) is 15.0 Å². The van der Waals surface area contributed by atoms with E-state index in [2.05, 4.69) is 21.5 Å². The molecule has 6 bridgehead atoms. The van der Waals surface area contributed by atoms with Crippen LogP contribution in [0.5, 0.6) is 0 Å². The number of esters is 2. The van der Waals surface area contributed by atoms with E-state index < -0.39 is 54.3 Å². The number of ether oxygens (including phenoxy) is 4. The molecule has 4 heterocycles. The van der Waals surface area contributed by atoms with Crippen LogP contribution < -0.4 is 0 Å². The number of aromatic nitrogens is 3. The molecule has 9 unspecified atom stereocenters. The van der Waals surface area contributed by atoms with Gasteiger partial charge in [0, 0.05) is 90.3 Å². The summed E-state index contributed by atoms with van der Waals surface area (Å²) in [5, 5.41) is 10.9. The van der Waals surface area contributed by atoms with Crippen molar-refractivity contribution in [2.75, 3.05) is 21.3 Å². The number of Topliss-reactive ketones (excluding diaryl/α,β-unsaturated/α-hetero) is 2. The molecule has 4 rings (SSSR count). The number of aliphatic hydroxyl groups excluding tert-OH is 1. The standard InChI is InChI=1S/C47H64N4O13/c1-27(17-18-39(56)30(4)45(63-33(7)53)28(2)19-20-51(8)32(6)52)41(59-10)23-42-31(5)40(58-9)15-12-16-43-48-37(25-60-43)46-50-38(26-62-46)47-49-36(24-61-47)29(3)21-34(54)13-11-14-35(55)22-44(57)64-42/h12,16,19-20,24-29,31,35,40-42,45,55H,4,11,13-15,17-18,21-23H2,1-3,5-10H3. The third-order valence-electron chi connectivity index (χ3n) is 11.6. The molecule has 0 saturated heterocycles. The van der Waals surface area contributed by atoms with Crippen molar-refractivity contribution in [2.45, 2.75) is 136 Å². The van der Waals surface area contributed by atoms with Gasteiger partial charge in [0.25, 0.3) is 0 Å². The van der Waals surface area contributed by atoms with Gasteiger partial charge in [-0.1, -0.05) is 46.4 Å². The van der Waals surface area contributed by atoms with Gasteiger partial charge in [0.2, 0.25) is 23.6 Å². The van der Waals surface area contributed by atoms with Gasteiger partial charge in [0.1, 0.15) is 36.8 Å². The molecule has 1 aliphatic heterocycles. The second-order valence-electron chi connectivity index (χ2n) is 16.7. The third-order valence-corrected chi connectivity index (χ3v) is 11.6. The quantitative estimate of drug-likeness (QED) is 0.122. The van der Waals surface area contributed by atoms with Gasteiger partial charge < -0.3 is 42.2 Å². The number of oxazole rings is 3. The highest BCUT2D eigenvalue weighted by atomic mass is 16.6. The van der Waals surface area contributed by atoms with Crippen molar-refractivity contribution < 1.29 is 61.3 Å². The monoisotopic (exact) mass is 892 g/mol. The van der Waals surface area contributed by atoms with Crippen LogP contribution in [0.15, 0.2) is 62.5 Å². The molecular weight excluding hydrogens is 829 g/mol. The van der Waals surface area contributed by atoms with Crippen molar-refractivity contribution in [3.05, 3.63) is 60.9 Å². The van der Waals surface area contributed by atoms with E-state index in [1.807, 2.05) is 26.8 Å². The lowest BCUT2D eigenvalue weighted by molar-refractivity contribution is -0.160. The highest BCUT2D eigenvalue weighted by Gasteiger charge is 2.34. The molecular formula is C47H64N4O13. The van der Waals surface area contributed by atoms with Crippen LogP contribution in [0.2, 0.25) is 0 Å². The first-order valence-corrected chi connectivity index (χ1v) is 21.7. The molecule has 0 fully saturated rings. The number of cyclic esters (lactones) is 1. The number of carbonyl (C=O) groups is 5. The molecule has 9 atom stereocenters. The summed E-state index contributed by atoms with van der Waals surface area (Å²) < 4.78 is 40.5. The highest BCUT2D eigenvalue weighted by molar-refractivity contribution is 5.96. The maximum Gasteiger partial charge on any atom is 0.308 e. The lowest BCUT2D eigenvalue weighted by Crippen LogP contribution is -2.39. The molecule has 64 heavy (non-hydrogen) atoms. The molecule has 350 valence electrons. The van der Waals surface area contributed by atoms with Crippen LogP contribution in [-0.2, 0) is 42.9 Å². The fourth-order valence-corrected chi connectivity index (χ4v) is 7.41. The molecule has 0 radical (unpaired) electrons. The molecule has 3 aromatic heterocycles. The number of methoxy groups -OCH3 is 2. The van der Waals surface area contributed by atoms with Crippen molar-refractivity contribution in [3.63, 3.8) is 0 Å². The van der Waals surface area contributed by atoms with Gasteiger partial charge in [-0.05, 0) is 37.7 Å². The van der Waals surface area contributed by atoms with Crippen molar-refractivity contribution in [3.8, 4) is 23.2 Å². The van der Waals surface area contributed by atoms with Gasteiger partial charge in [0.15, 0.2) is 17.2 Å². The Bertz CT molecular complexity index is 2100. The molecule has 3 aromatic rings. The van der Waals surface area contributed by atoms with Crippen LogP contribution in [0.1, 0.15) is 117 Å². The first-order chi connectivity index (χ1) is 30.4. The number of nitrogens with zero attached hydrogens (tertiary/aromatic N) is 4. The Balaban J connectivity index is 1.51. The zero-order valence-electron chi connectivity index (χ0n) is 38.4. The fourth-order valence-electron chi connectivity index (χ4n) is 7.41. The summed E-state index contributed by atoms with van der Waals surface area (Å²) in [7, 11) is 4.71. The summed E-state index contributed by atoms with van der Waals surface area (Å²) >= 11 is 0. The van der Waals surface area contributed by atoms with Crippen molar-refractivity contribution in [1.82, 2.24) is 19.9 Å². The number of carbonyl (C=O) groups excluding carboxylic acids is 5. The molecule has 1 aliphatic rings. The minimum atomic E-state index is -1.04. The van der Waals surface area contributed by atoms with Crippen LogP contribution >= 0.6 is 0 Å². The van der Waals surface area contributed by atoms with Crippen LogP contribution in [0.4, 0.5) is 0 Å². The second kappa shape index (κ2) is 24.5. The Morgan fingerprint density at radius 1 is 1.00 bits per heavy atom. The van der Waals surface area contributed by atoms with Gasteiger partial charge in [-0.2, -0.15) is 0 Å². The minimum absolute atomic E-state index is 0.0214. The first kappa shape index (κ1) is 51.1. The Kier molecular flexibility index (Phi) is 19.6. The highest BCUT2D eigenvalue weighted by Crippen LogP contribution is 2.31. The van der Waals surface area contributed by atoms with E-state index in [9.17, 15) is 29.1 Å². The SMILES string of the molecule is C=C(C(=O)CCC(C)C(CC1OC(=O)CC(O)CCCC(=O)CC(C)c2coc(n2)-c2coc(n2)-c2coc(n2)C=CCC(OC)C1C)OC)C(OC(C)=O)C(C)C=CN(C)C(C)=O. The topological polar surface area (TPSA) is 224 Å². The minimum Gasteiger partial charge on any atom is -0.462 e. The summed E-state index contributed by atoms with van der Waals surface area (Å²) in [6.45, 7) is 14.1. The lowest BCUT2D eigenvalue weighted by atomic mass is 9.86. The molecule has 1 N–H and O–H groups in total. The predicted octanol–water partition coefficient (Wildman–Crippen LogP) is 7.45. The van der Waals surface area contributed by atoms with Crippen LogP contribution in [-0.4, -0.2) is 106 Å². The van der Waals surface area contributed by atoms with Crippen LogP contribution in [0, 0.1) is 17.8 Å². The first-order valence-electron chi connectivity index (χ1n) is 21.7. The summed E-state index contributed by atoms with van der Waals surface area (Å²) in [5.41, 5.74) is 1.41. The predicted molar refractivity (Wildman–Crippen MR) is 234 cm³/mol. The van der Waals surface area contributed by atoms with Gasteiger partial charge >= 0.3 is 11.9 Å². The largest absolute Gasteiger partial charge is 0.462 e. The number of amides is 1. The van der Waals surface area contributed by atoms with Crippen LogP contribution in [0.25, 0.3) is 29.2 Å². The smallest absolute Gasteiger partial charge is 0.308 e. The van der Waals surface area contributed by atoms with E-state index in [1.54, 1.807) is 46.5 Å². The lowest BCUT2D eigenvalue weighted by Gasteiger charge is -2.33. The summed E-state index contributed by atoms with van der Waals surface area (Å²) in [5.74, 6) is -2.29. The maximum atomic E-state index is 13.5. The molecule has 0 aliphatic carbocycles. The average molecular weight is 893 g/mol. The van der Waals surface area contributed by atoms with E-state index in [0.717, 1.165) is 0 Å². The van der Waals surface area contributed by atoms with E-state index >= 15 is 0 Å². The molecule has 0 saturated carbocycles. The summed E-state index contributed by atoms with van der Waals surface area (Å²) in [6.07, 6.45) is 9.16. The molecule has 17 nitrogen and oxygen atoms in total. The van der Waals surface area contributed by atoms with E-state index in [1.165, 1.54) is 37.5 Å². The normalized spacial score (nSPS) is 22.4. The van der Waals surface area contributed by atoms with E-state index in [4.69, 9.17) is 32.2 Å². The molecule has 0 aromatic carbocycles. The number of fused-ring (bicyclic) bond motifs is 8. The number of hydrogen-bond donors (Lipinski definition) is 1. The molecule has 0 spiro atoms. The maximum absolute atomic E-state index is 13.5. The second-order valence-corrected chi connectivity index (χ2v) is 16.7. The van der Waals surface area contributed by atoms with E-state index in [-0.39, 0.29) is 91.1 Å². The Hall–Kier alpha value is -5.52. The fraction of sp³-hybridized carbons (Fsp3) is 0.574. The Labute approximate surface area is 374 Å². The zero-order chi connectivity index (χ0) is 47.1. The Morgan fingerprint density at radius 2 is 1.69 bits per heavy atom. The number of rotatable bonds is 14. The van der Waals surface area contributed by atoms with Crippen molar-refractivity contribution in [1.29, 1.82) is 0 Å². The third kappa shape index (κ3) is 15.0. The zero-order valence-corrected chi connectivity index (χ0v) is 38.4. The number of aliphatic hydroxyl groups is 1. The van der Waals surface area contributed by atoms with Gasteiger partial charge in [-0.15, -0.1) is 0 Å². The van der Waals surface area contributed by atoms with E-state index in [0.29, 0.717) is 36.3 Å². The van der Waals surface area contributed by atoms with Crippen molar-refractivity contribution in [2.24, 2.45) is 17.8 Å². The number of ketones is 2. The summed E-state index contributed by atoms with van der Waals surface area (Å²) in [4.78, 5) is 78.5. The van der Waals surface area contributed by atoms with Crippen molar-refractivity contribution >= 4 is 35.5 Å². The molecule has 17 heteroatoms.